The minimum Gasteiger partial charge on any atom is -0.462 e. The fourth-order valence-corrected chi connectivity index (χ4v) is 8.57. The van der Waals surface area contributed by atoms with Crippen LogP contribution in [0.3, 0.4) is 0 Å². The number of carbonyl (C=O) groups excluding carboxylic acids is 1. The Hall–Kier alpha value is -0.530. The molecule has 4 fully saturated rings. The van der Waals surface area contributed by atoms with Gasteiger partial charge in [0.15, 0.2) is 0 Å². The first kappa shape index (κ1) is 20.7. The maximum absolute atomic E-state index is 11.9. The maximum Gasteiger partial charge on any atom is 0.306 e. The van der Waals surface area contributed by atoms with Gasteiger partial charge in [-0.1, -0.05) is 53.9 Å². The molecule has 0 aromatic heterocycles. The third-order valence-electron chi connectivity index (χ3n) is 10.1. The Kier molecular flexibility index (Phi) is 5.64. The Labute approximate surface area is 173 Å². The van der Waals surface area contributed by atoms with Crippen LogP contribution in [0.15, 0.2) is 0 Å². The van der Waals surface area contributed by atoms with Crippen LogP contribution in [0.25, 0.3) is 0 Å². The van der Waals surface area contributed by atoms with Crippen LogP contribution in [0.1, 0.15) is 105 Å². The number of ether oxygens (including phenoxy) is 1. The van der Waals surface area contributed by atoms with Crippen molar-refractivity contribution in [3.05, 3.63) is 0 Å². The molecule has 4 rings (SSSR count). The van der Waals surface area contributed by atoms with E-state index in [1.165, 1.54) is 51.4 Å². The second-order valence-electron chi connectivity index (χ2n) is 12.0. The smallest absolute Gasteiger partial charge is 0.306 e. The van der Waals surface area contributed by atoms with Crippen LogP contribution >= 0.6 is 0 Å². The van der Waals surface area contributed by atoms with Crippen molar-refractivity contribution < 1.29 is 9.53 Å². The van der Waals surface area contributed by atoms with Gasteiger partial charge in [-0.25, -0.2) is 0 Å². The third kappa shape index (κ3) is 3.35. The normalized spacial score (nSPS) is 46.5. The van der Waals surface area contributed by atoms with E-state index in [0.29, 0.717) is 11.8 Å². The van der Waals surface area contributed by atoms with Crippen LogP contribution < -0.4 is 0 Å². The van der Waals surface area contributed by atoms with E-state index < -0.39 is 0 Å². The standard InChI is InChI=1S/C26H44O2/c1-17(2)7-6-8-18(3)20-10-11-21-19-9-12-23-26(5,16-14-24(27)28-23)22(19)13-15-25(20,21)4/h17-23H,6-16H2,1-5H3/t18-,19-,20+,21+,22-,23-,25-,26-/m1/s1. The van der Waals surface area contributed by atoms with Crippen molar-refractivity contribution in [2.24, 2.45) is 46.3 Å². The Morgan fingerprint density at radius 3 is 2.43 bits per heavy atom. The van der Waals surface area contributed by atoms with Gasteiger partial charge >= 0.3 is 5.97 Å². The lowest BCUT2D eigenvalue weighted by Crippen LogP contribution is -2.56. The van der Waals surface area contributed by atoms with Crippen LogP contribution in [-0.4, -0.2) is 12.1 Å². The van der Waals surface area contributed by atoms with Crippen molar-refractivity contribution in [1.29, 1.82) is 0 Å². The predicted octanol–water partition coefficient (Wildman–Crippen LogP) is 7.01. The Morgan fingerprint density at radius 2 is 1.68 bits per heavy atom. The Bertz CT molecular complexity index is 583. The van der Waals surface area contributed by atoms with E-state index in [1.807, 2.05) is 0 Å². The van der Waals surface area contributed by atoms with E-state index in [4.69, 9.17) is 4.74 Å². The van der Waals surface area contributed by atoms with Gasteiger partial charge < -0.3 is 4.74 Å². The molecular formula is C26H44O2. The first-order chi connectivity index (χ1) is 13.3. The first-order valence-electron chi connectivity index (χ1n) is 12.4. The summed E-state index contributed by atoms with van der Waals surface area (Å²) >= 11 is 0. The van der Waals surface area contributed by atoms with E-state index in [9.17, 15) is 4.79 Å². The predicted molar refractivity (Wildman–Crippen MR) is 115 cm³/mol. The minimum absolute atomic E-state index is 0.0534. The maximum atomic E-state index is 11.9. The molecule has 1 saturated heterocycles. The zero-order valence-electron chi connectivity index (χ0n) is 19.1. The summed E-state index contributed by atoms with van der Waals surface area (Å²) in [5.41, 5.74) is 0.812. The minimum atomic E-state index is 0.0534. The van der Waals surface area contributed by atoms with E-state index in [1.54, 1.807) is 0 Å². The molecule has 160 valence electrons. The Balaban J connectivity index is 1.47. The molecule has 0 spiro atoms. The summed E-state index contributed by atoms with van der Waals surface area (Å²) in [4.78, 5) is 11.9. The van der Waals surface area contributed by atoms with E-state index >= 15 is 0 Å². The molecule has 2 nitrogen and oxygen atoms in total. The third-order valence-corrected chi connectivity index (χ3v) is 10.1. The van der Waals surface area contributed by atoms with Gasteiger partial charge in [0.2, 0.25) is 0 Å². The van der Waals surface area contributed by atoms with Crippen molar-refractivity contribution in [2.75, 3.05) is 0 Å². The second kappa shape index (κ2) is 7.62. The lowest BCUT2D eigenvalue weighted by molar-refractivity contribution is -0.192. The number of hydrogen-bond acceptors (Lipinski definition) is 2. The molecule has 0 unspecified atom stereocenters. The number of esters is 1. The molecule has 3 saturated carbocycles. The summed E-state index contributed by atoms with van der Waals surface area (Å²) in [6.45, 7) is 12.4. The molecule has 0 N–H and O–H groups in total. The number of fused-ring (bicyclic) bond motifs is 5. The molecule has 3 aliphatic carbocycles. The fraction of sp³-hybridized carbons (Fsp3) is 0.962. The molecule has 4 aliphatic rings. The zero-order chi connectivity index (χ0) is 20.1. The van der Waals surface area contributed by atoms with Crippen LogP contribution in [0.2, 0.25) is 0 Å². The summed E-state index contributed by atoms with van der Waals surface area (Å²) in [7, 11) is 0. The first-order valence-corrected chi connectivity index (χ1v) is 12.4. The lowest BCUT2D eigenvalue weighted by atomic mass is 9.47. The van der Waals surface area contributed by atoms with Crippen molar-refractivity contribution in [2.45, 2.75) is 111 Å². The van der Waals surface area contributed by atoms with Crippen molar-refractivity contribution in [1.82, 2.24) is 0 Å². The monoisotopic (exact) mass is 388 g/mol. The highest BCUT2D eigenvalue weighted by Gasteiger charge is 2.61. The van der Waals surface area contributed by atoms with Gasteiger partial charge in [0.25, 0.3) is 0 Å². The van der Waals surface area contributed by atoms with Gasteiger partial charge in [0.05, 0.1) is 0 Å². The number of carbonyl (C=O) groups is 1. The van der Waals surface area contributed by atoms with E-state index in [0.717, 1.165) is 48.3 Å². The molecule has 0 aromatic carbocycles. The molecule has 1 aliphatic heterocycles. The molecule has 0 bridgehead atoms. The van der Waals surface area contributed by atoms with Crippen molar-refractivity contribution in [3.63, 3.8) is 0 Å². The fourth-order valence-electron chi connectivity index (χ4n) is 8.57. The van der Waals surface area contributed by atoms with Gasteiger partial charge in [-0.05, 0) is 85.9 Å². The summed E-state index contributed by atoms with van der Waals surface area (Å²) in [6.07, 6.45) is 14.3. The van der Waals surface area contributed by atoms with Crippen LogP contribution in [-0.2, 0) is 9.53 Å². The summed E-state index contributed by atoms with van der Waals surface area (Å²) in [5, 5.41) is 0. The molecule has 0 aromatic rings. The van der Waals surface area contributed by atoms with Gasteiger partial charge in [-0.15, -0.1) is 0 Å². The average Bonchev–Trinajstić information content (AvgIpc) is 2.99. The highest BCUT2D eigenvalue weighted by Crippen LogP contribution is 2.67. The number of rotatable bonds is 5. The SMILES string of the molecule is CC(C)CCC[C@@H](C)[C@@H]1CC[C@H]2[C@H]3CC[C@H]4OC(=O)CC[C@]4(C)[C@@H]3CC[C@@]21C. The average molecular weight is 389 g/mol. The van der Waals surface area contributed by atoms with Crippen LogP contribution in [0.4, 0.5) is 0 Å². The van der Waals surface area contributed by atoms with E-state index in [2.05, 4.69) is 34.6 Å². The largest absolute Gasteiger partial charge is 0.462 e. The zero-order valence-corrected chi connectivity index (χ0v) is 19.1. The summed E-state index contributed by atoms with van der Waals surface area (Å²) < 4.78 is 5.86. The summed E-state index contributed by atoms with van der Waals surface area (Å²) in [6, 6.07) is 0. The van der Waals surface area contributed by atoms with Gasteiger partial charge in [0, 0.05) is 11.8 Å². The van der Waals surface area contributed by atoms with Gasteiger partial charge in [-0.2, -0.15) is 0 Å². The molecule has 0 amide bonds. The summed E-state index contributed by atoms with van der Waals surface area (Å²) in [5.74, 6) is 5.29. The second-order valence-corrected chi connectivity index (χ2v) is 12.0. The van der Waals surface area contributed by atoms with Crippen LogP contribution in [0, 0.1) is 46.3 Å². The highest BCUT2D eigenvalue weighted by atomic mass is 16.5. The van der Waals surface area contributed by atoms with Gasteiger partial charge in [0.1, 0.15) is 6.10 Å². The number of hydrogen-bond donors (Lipinski definition) is 0. The molecule has 8 atom stereocenters. The molecular weight excluding hydrogens is 344 g/mol. The molecule has 0 radical (unpaired) electrons. The molecule has 28 heavy (non-hydrogen) atoms. The van der Waals surface area contributed by atoms with Gasteiger partial charge in [-0.3, -0.25) is 4.79 Å². The van der Waals surface area contributed by atoms with Crippen molar-refractivity contribution in [3.8, 4) is 0 Å². The Morgan fingerprint density at radius 1 is 0.929 bits per heavy atom. The quantitative estimate of drug-likeness (QED) is 0.473. The van der Waals surface area contributed by atoms with E-state index in [-0.39, 0.29) is 17.5 Å². The lowest BCUT2D eigenvalue weighted by Gasteiger charge is -2.59. The van der Waals surface area contributed by atoms with Crippen molar-refractivity contribution >= 4 is 5.97 Å². The van der Waals surface area contributed by atoms with Crippen LogP contribution in [0.5, 0.6) is 0 Å². The molecule has 1 heterocycles. The topological polar surface area (TPSA) is 26.3 Å². The molecule has 2 heteroatoms. The highest BCUT2D eigenvalue weighted by molar-refractivity contribution is 5.70.